The summed E-state index contributed by atoms with van der Waals surface area (Å²) in [6.45, 7) is 3.84. The highest BCUT2D eigenvalue weighted by molar-refractivity contribution is 7.99. The summed E-state index contributed by atoms with van der Waals surface area (Å²) in [7, 11) is 0. The molecule has 8 heteroatoms. The smallest absolute Gasteiger partial charge is 0.252 e. The Kier molecular flexibility index (Phi) is 6.12. The van der Waals surface area contributed by atoms with Crippen molar-refractivity contribution >= 4 is 40.2 Å². The predicted molar refractivity (Wildman–Crippen MR) is 134 cm³/mol. The Morgan fingerprint density at radius 3 is 2.85 bits per heavy atom. The third kappa shape index (κ3) is 4.31. The number of rotatable bonds is 5. The van der Waals surface area contributed by atoms with Crippen LogP contribution in [0.5, 0.6) is 0 Å². The molecule has 0 bridgehead atoms. The van der Waals surface area contributed by atoms with Crippen LogP contribution in [0.2, 0.25) is 0 Å². The number of aromatic nitrogens is 1. The fraction of sp³-hybridized carbons (Fsp3) is 0.308. The van der Waals surface area contributed by atoms with Crippen LogP contribution >= 0.6 is 11.8 Å². The number of nitrogens with one attached hydrogen (secondary N) is 1. The number of hydrogen-bond acceptors (Lipinski definition) is 6. The molecule has 0 saturated carbocycles. The standard InChI is InChI=1S/C26H25N5O2S/c1-17-3-2-4-18(9-17)19-13-30(14-19)20-5-6-24-23(10-20)22(7-8-28-24)26(33)29-12-25(32)31-16-34-15-21(31)11-27/h2-10,19,21H,12-16H2,1H3,(H,29,33). The Bertz CT molecular complexity index is 1300. The van der Waals surface area contributed by atoms with E-state index in [0.717, 1.165) is 29.7 Å². The maximum atomic E-state index is 13.0. The van der Waals surface area contributed by atoms with E-state index in [1.165, 1.54) is 16.0 Å². The molecular weight excluding hydrogens is 446 g/mol. The highest BCUT2D eigenvalue weighted by atomic mass is 32.2. The number of amides is 2. The second-order valence-corrected chi connectivity index (χ2v) is 9.77. The van der Waals surface area contributed by atoms with E-state index in [2.05, 4.69) is 52.5 Å². The molecule has 0 aliphatic carbocycles. The number of nitriles is 1. The largest absolute Gasteiger partial charge is 0.370 e. The molecule has 1 N–H and O–H groups in total. The van der Waals surface area contributed by atoms with Gasteiger partial charge in [0.25, 0.3) is 5.91 Å². The summed E-state index contributed by atoms with van der Waals surface area (Å²) in [5, 5.41) is 12.7. The van der Waals surface area contributed by atoms with E-state index in [0.29, 0.717) is 23.1 Å². The lowest BCUT2D eigenvalue weighted by Crippen LogP contribution is -2.45. The minimum atomic E-state index is -0.432. The molecule has 5 rings (SSSR count). The van der Waals surface area contributed by atoms with E-state index >= 15 is 0 Å². The Morgan fingerprint density at radius 1 is 1.21 bits per heavy atom. The number of anilines is 1. The van der Waals surface area contributed by atoms with Gasteiger partial charge in [-0.3, -0.25) is 14.6 Å². The molecule has 1 atom stereocenters. The third-order valence-electron chi connectivity index (χ3n) is 6.48. The van der Waals surface area contributed by atoms with E-state index in [9.17, 15) is 14.9 Å². The van der Waals surface area contributed by atoms with Gasteiger partial charge in [-0.05, 0) is 36.8 Å². The highest BCUT2D eigenvalue weighted by Crippen LogP contribution is 2.33. The lowest BCUT2D eigenvalue weighted by molar-refractivity contribution is -0.129. The Balaban J connectivity index is 1.29. The van der Waals surface area contributed by atoms with Gasteiger partial charge >= 0.3 is 0 Å². The molecule has 2 amide bonds. The molecule has 2 aliphatic heterocycles. The topological polar surface area (TPSA) is 89.3 Å². The van der Waals surface area contributed by atoms with Crippen molar-refractivity contribution in [3.05, 3.63) is 71.4 Å². The third-order valence-corrected chi connectivity index (χ3v) is 7.49. The van der Waals surface area contributed by atoms with Crippen molar-refractivity contribution in [1.29, 1.82) is 5.26 Å². The van der Waals surface area contributed by atoms with Crippen molar-refractivity contribution in [2.24, 2.45) is 0 Å². The summed E-state index contributed by atoms with van der Waals surface area (Å²) < 4.78 is 0. The van der Waals surface area contributed by atoms with Gasteiger partial charge in [0, 0.05) is 42.0 Å². The number of thioether (sulfide) groups is 1. The monoisotopic (exact) mass is 471 g/mol. The van der Waals surface area contributed by atoms with Crippen LogP contribution in [0.15, 0.2) is 54.7 Å². The van der Waals surface area contributed by atoms with Crippen LogP contribution in [-0.4, -0.2) is 59.0 Å². The molecule has 3 aromatic rings. The Morgan fingerprint density at radius 2 is 2.06 bits per heavy atom. The first-order valence-electron chi connectivity index (χ1n) is 11.3. The van der Waals surface area contributed by atoms with Crippen molar-refractivity contribution in [2.45, 2.75) is 18.9 Å². The van der Waals surface area contributed by atoms with Gasteiger partial charge in [-0.2, -0.15) is 5.26 Å². The van der Waals surface area contributed by atoms with Crippen molar-refractivity contribution in [2.75, 3.05) is 36.2 Å². The zero-order chi connectivity index (χ0) is 23.7. The van der Waals surface area contributed by atoms with Gasteiger partial charge in [-0.25, -0.2) is 0 Å². The molecule has 1 unspecified atom stereocenters. The molecule has 1 aromatic heterocycles. The molecular formula is C26H25N5O2S. The van der Waals surface area contributed by atoms with Gasteiger partial charge in [-0.1, -0.05) is 29.8 Å². The molecule has 3 heterocycles. The number of carbonyl (C=O) groups is 2. The lowest BCUT2D eigenvalue weighted by atomic mass is 9.90. The van der Waals surface area contributed by atoms with E-state index in [4.69, 9.17) is 0 Å². The second-order valence-electron chi connectivity index (χ2n) is 8.77. The van der Waals surface area contributed by atoms with Crippen LogP contribution in [0.3, 0.4) is 0 Å². The number of nitrogens with zero attached hydrogens (tertiary/aromatic N) is 4. The van der Waals surface area contributed by atoms with Gasteiger partial charge in [0.05, 0.1) is 29.6 Å². The van der Waals surface area contributed by atoms with Crippen LogP contribution in [0.1, 0.15) is 27.4 Å². The number of hydrogen-bond donors (Lipinski definition) is 1. The first-order chi connectivity index (χ1) is 16.5. The molecule has 34 heavy (non-hydrogen) atoms. The summed E-state index contributed by atoms with van der Waals surface area (Å²) >= 11 is 1.54. The van der Waals surface area contributed by atoms with Crippen LogP contribution in [0.4, 0.5) is 5.69 Å². The number of benzene rings is 2. The molecule has 0 spiro atoms. The number of pyridine rings is 1. The normalized spacial score (nSPS) is 17.9. The van der Waals surface area contributed by atoms with Gasteiger partial charge in [0.15, 0.2) is 0 Å². The lowest BCUT2D eigenvalue weighted by Gasteiger charge is -2.41. The average molecular weight is 472 g/mol. The first-order valence-corrected chi connectivity index (χ1v) is 12.4. The Labute approximate surface area is 202 Å². The van der Waals surface area contributed by atoms with Gasteiger partial charge in [0.2, 0.25) is 5.91 Å². The maximum absolute atomic E-state index is 13.0. The van der Waals surface area contributed by atoms with Crippen molar-refractivity contribution in [3.8, 4) is 6.07 Å². The molecule has 0 radical (unpaired) electrons. The van der Waals surface area contributed by atoms with E-state index in [1.54, 1.807) is 24.0 Å². The van der Waals surface area contributed by atoms with E-state index in [1.807, 2.05) is 18.2 Å². The zero-order valence-electron chi connectivity index (χ0n) is 18.9. The fourth-order valence-corrected chi connectivity index (χ4v) is 5.61. The summed E-state index contributed by atoms with van der Waals surface area (Å²) in [4.78, 5) is 33.7. The van der Waals surface area contributed by atoms with Gasteiger partial charge in [0.1, 0.15) is 6.04 Å². The molecule has 7 nitrogen and oxygen atoms in total. The summed E-state index contributed by atoms with van der Waals surface area (Å²) in [5.41, 5.74) is 4.91. The summed E-state index contributed by atoms with van der Waals surface area (Å²) in [5.74, 6) is 1.02. The van der Waals surface area contributed by atoms with Crippen molar-refractivity contribution in [3.63, 3.8) is 0 Å². The van der Waals surface area contributed by atoms with Gasteiger partial charge < -0.3 is 15.1 Å². The van der Waals surface area contributed by atoms with Crippen LogP contribution in [0, 0.1) is 18.3 Å². The van der Waals surface area contributed by atoms with Crippen LogP contribution < -0.4 is 10.2 Å². The Hall–Kier alpha value is -3.57. The zero-order valence-corrected chi connectivity index (χ0v) is 19.7. The molecule has 2 fully saturated rings. The summed E-state index contributed by atoms with van der Waals surface area (Å²) in [6, 6.07) is 18.0. The van der Waals surface area contributed by atoms with Crippen LogP contribution in [0.25, 0.3) is 10.9 Å². The second kappa shape index (κ2) is 9.35. The van der Waals surface area contributed by atoms with Crippen molar-refractivity contribution in [1.82, 2.24) is 15.2 Å². The van der Waals surface area contributed by atoms with Crippen molar-refractivity contribution < 1.29 is 9.59 Å². The fourth-order valence-electron chi connectivity index (χ4n) is 4.50. The number of carbonyl (C=O) groups excluding carboxylic acids is 2. The molecule has 2 saturated heterocycles. The van der Waals surface area contributed by atoms with Crippen LogP contribution in [-0.2, 0) is 4.79 Å². The minimum absolute atomic E-state index is 0.134. The average Bonchev–Trinajstić information content (AvgIpc) is 3.30. The predicted octanol–water partition coefficient (Wildman–Crippen LogP) is 3.30. The number of aryl methyl sites for hydroxylation is 1. The summed E-state index contributed by atoms with van der Waals surface area (Å²) in [6.07, 6.45) is 1.61. The number of fused-ring (bicyclic) bond motifs is 1. The quantitative estimate of drug-likeness (QED) is 0.614. The first kappa shape index (κ1) is 22.2. The highest BCUT2D eigenvalue weighted by Gasteiger charge is 2.30. The molecule has 2 aromatic carbocycles. The minimum Gasteiger partial charge on any atom is -0.370 e. The van der Waals surface area contributed by atoms with Gasteiger partial charge in [-0.15, -0.1) is 11.8 Å². The molecule has 2 aliphatic rings. The van der Waals surface area contributed by atoms with E-state index < -0.39 is 6.04 Å². The SMILES string of the molecule is Cc1cccc(C2CN(c3ccc4nccc(C(=O)NCC(=O)N5CSCC5C#N)c4c3)C2)c1. The molecule has 172 valence electrons. The maximum Gasteiger partial charge on any atom is 0.252 e. The van der Waals surface area contributed by atoms with E-state index in [-0.39, 0.29) is 18.4 Å².